The quantitative estimate of drug-likeness (QED) is 0.775. The summed E-state index contributed by atoms with van der Waals surface area (Å²) < 4.78 is 5.48. The topological polar surface area (TPSA) is 50.4 Å². The molecule has 0 spiro atoms. The van der Waals surface area contributed by atoms with Crippen molar-refractivity contribution in [1.82, 2.24) is 10.6 Å². The second-order valence-corrected chi connectivity index (χ2v) is 5.37. The van der Waals surface area contributed by atoms with Gasteiger partial charge in [-0.1, -0.05) is 0 Å². The van der Waals surface area contributed by atoms with E-state index in [2.05, 4.69) is 17.6 Å². The second-order valence-electron chi connectivity index (χ2n) is 5.37. The minimum atomic E-state index is 0.232. The zero-order valence-corrected chi connectivity index (χ0v) is 10.7. The van der Waals surface area contributed by atoms with E-state index >= 15 is 0 Å². The minimum absolute atomic E-state index is 0.232. The molecule has 0 bridgehead atoms. The molecule has 2 fully saturated rings. The number of rotatable bonds is 3. The second kappa shape index (κ2) is 6.36. The summed E-state index contributed by atoms with van der Waals surface area (Å²) in [7, 11) is 0. The Hall–Kier alpha value is -0.610. The largest absolute Gasteiger partial charge is 0.378 e. The lowest BCUT2D eigenvalue weighted by molar-refractivity contribution is -0.123. The first kappa shape index (κ1) is 12.8. The Morgan fingerprint density at radius 2 is 2.12 bits per heavy atom. The number of carbonyl (C=O) groups is 1. The first-order valence-electron chi connectivity index (χ1n) is 6.85. The van der Waals surface area contributed by atoms with Crippen molar-refractivity contribution in [2.75, 3.05) is 19.7 Å². The summed E-state index contributed by atoms with van der Waals surface area (Å²) in [6, 6.07) is 0.327. The van der Waals surface area contributed by atoms with E-state index in [0.717, 1.165) is 45.4 Å². The predicted octanol–water partition coefficient (Wildman–Crippen LogP) is 1.06. The summed E-state index contributed by atoms with van der Waals surface area (Å²) in [5.41, 5.74) is 0. The zero-order chi connectivity index (χ0) is 12.1. The summed E-state index contributed by atoms with van der Waals surface area (Å²) in [5, 5.41) is 6.48. The van der Waals surface area contributed by atoms with Gasteiger partial charge in [0.05, 0.1) is 6.10 Å². The number of carbonyl (C=O) groups excluding carboxylic acids is 1. The molecule has 98 valence electrons. The van der Waals surface area contributed by atoms with Gasteiger partial charge in [0.2, 0.25) is 5.91 Å². The lowest BCUT2D eigenvalue weighted by Crippen LogP contribution is -2.42. The standard InChI is InChI=1S/C13H24N2O2/c1-10-8-12(4-7-17-10)15-13(16)9-11-2-5-14-6-3-11/h10-12,14H,2-9H2,1H3,(H,15,16). The Balaban J connectivity index is 1.68. The fourth-order valence-electron chi connectivity index (χ4n) is 2.76. The lowest BCUT2D eigenvalue weighted by Gasteiger charge is -2.29. The van der Waals surface area contributed by atoms with Crippen LogP contribution in [-0.2, 0) is 9.53 Å². The summed E-state index contributed by atoms with van der Waals surface area (Å²) >= 11 is 0. The maximum absolute atomic E-state index is 11.9. The number of nitrogens with one attached hydrogen (secondary N) is 2. The number of ether oxygens (including phenoxy) is 1. The molecule has 2 aliphatic heterocycles. The van der Waals surface area contributed by atoms with Crippen molar-refractivity contribution in [3.8, 4) is 0 Å². The average Bonchev–Trinajstić information content (AvgIpc) is 2.30. The number of hydrogen-bond donors (Lipinski definition) is 2. The van der Waals surface area contributed by atoms with Crippen LogP contribution in [0, 0.1) is 5.92 Å². The van der Waals surface area contributed by atoms with E-state index < -0.39 is 0 Å². The highest BCUT2D eigenvalue weighted by molar-refractivity contribution is 5.76. The number of piperidine rings is 1. The molecule has 0 saturated carbocycles. The molecule has 2 rings (SSSR count). The fourth-order valence-corrected chi connectivity index (χ4v) is 2.76. The van der Waals surface area contributed by atoms with Crippen LogP contribution in [0.25, 0.3) is 0 Å². The molecule has 2 heterocycles. The molecule has 2 saturated heterocycles. The van der Waals surface area contributed by atoms with E-state index in [0.29, 0.717) is 18.4 Å². The van der Waals surface area contributed by atoms with Gasteiger partial charge in [0.15, 0.2) is 0 Å². The molecule has 0 aromatic carbocycles. The van der Waals surface area contributed by atoms with Gasteiger partial charge in [0, 0.05) is 19.1 Å². The van der Waals surface area contributed by atoms with E-state index in [1.165, 1.54) is 0 Å². The molecule has 0 aromatic heterocycles. The third-order valence-corrected chi connectivity index (χ3v) is 3.78. The van der Waals surface area contributed by atoms with Gasteiger partial charge in [0.25, 0.3) is 0 Å². The van der Waals surface area contributed by atoms with Crippen LogP contribution in [0.4, 0.5) is 0 Å². The Kier molecular flexibility index (Phi) is 4.80. The van der Waals surface area contributed by atoms with E-state index in [4.69, 9.17) is 4.74 Å². The molecule has 1 amide bonds. The van der Waals surface area contributed by atoms with E-state index in [-0.39, 0.29) is 12.0 Å². The molecule has 2 unspecified atom stereocenters. The van der Waals surface area contributed by atoms with Gasteiger partial charge < -0.3 is 15.4 Å². The Labute approximate surface area is 103 Å². The first-order chi connectivity index (χ1) is 8.24. The third kappa shape index (κ3) is 4.28. The van der Waals surface area contributed by atoms with Crippen molar-refractivity contribution in [1.29, 1.82) is 0 Å². The highest BCUT2D eigenvalue weighted by Gasteiger charge is 2.22. The molecule has 4 nitrogen and oxygen atoms in total. The number of hydrogen-bond acceptors (Lipinski definition) is 3. The van der Waals surface area contributed by atoms with Crippen molar-refractivity contribution in [3.63, 3.8) is 0 Å². The first-order valence-corrected chi connectivity index (χ1v) is 6.85. The normalized spacial score (nSPS) is 31.1. The van der Waals surface area contributed by atoms with Crippen molar-refractivity contribution >= 4 is 5.91 Å². The van der Waals surface area contributed by atoms with Crippen molar-refractivity contribution in [2.45, 2.75) is 51.2 Å². The molecule has 2 aliphatic rings. The predicted molar refractivity (Wildman–Crippen MR) is 66.8 cm³/mol. The van der Waals surface area contributed by atoms with Gasteiger partial charge in [0.1, 0.15) is 0 Å². The summed E-state index contributed by atoms with van der Waals surface area (Å²) in [4.78, 5) is 11.9. The van der Waals surface area contributed by atoms with Crippen LogP contribution >= 0.6 is 0 Å². The molecule has 0 aliphatic carbocycles. The summed E-state index contributed by atoms with van der Waals surface area (Å²) in [6.45, 7) is 4.98. The van der Waals surface area contributed by atoms with E-state index in [9.17, 15) is 4.79 Å². The van der Waals surface area contributed by atoms with Gasteiger partial charge in [-0.2, -0.15) is 0 Å². The molecule has 17 heavy (non-hydrogen) atoms. The molecular weight excluding hydrogens is 216 g/mol. The van der Waals surface area contributed by atoms with Crippen LogP contribution in [0.2, 0.25) is 0 Å². The Morgan fingerprint density at radius 3 is 2.82 bits per heavy atom. The van der Waals surface area contributed by atoms with E-state index in [1.54, 1.807) is 0 Å². The molecule has 4 heteroatoms. The van der Waals surface area contributed by atoms with Gasteiger partial charge in [-0.15, -0.1) is 0 Å². The van der Waals surface area contributed by atoms with Crippen LogP contribution in [0.3, 0.4) is 0 Å². The number of amides is 1. The minimum Gasteiger partial charge on any atom is -0.378 e. The molecule has 2 atom stereocenters. The van der Waals surface area contributed by atoms with Crippen LogP contribution in [0.15, 0.2) is 0 Å². The smallest absolute Gasteiger partial charge is 0.220 e. The van der Waals surface area contributed by atoms with Gasteiger partial charge >= 0.3 is 0 Å². The Bertz CT molecular complexity index is 252. The Morgan fingerprint density at radius 1 is 1.35 bits per heavy atom. The summed E-state index contributed by atoms with van der Waals surface area (Å²) in [6.07, 6.45) is 5.18. The van der Waals surface area contributed by atoms with Crippen LogP contribution in [0.1, 0.15) is 39.0 Å². The van der Waals surface area contributed by atoms with Gasteiger partial charge in [-0.25, -0.2) is 0 Å². The molecule has 0 radical (unpaired) electrons. The average molecular weight is 240 g/mol. The maximum atomic E-state index is 11.9. The summed E-state index contributed by atoms with van der Waals surface area (Å²) in [5.74, 6) is 0.810. The van der Waals surface area contributed by atoms with Gasteiger partial charge in [-0.05, 0) is 51.6 Å². The van der Waals surface area contributed by atoms with E-state index in [1.807, 2.05) is 0 Å². The molecule has 0 aromatic rings. The highest BCUT2D eigenvalue weighted by atomic mass is 16.5. The molecule has 2 N–H and O–H groups in total. The van der Waals surface area contributed by atoms with Crippen molar-refractivity contribution < 1.29 is 9.53 Å². The fraction of sp³-hybridized carbons (Fsp3) is 0.923. The zero-order valence-electron chi connectivity index (χ0n) is 10.7. The van der Waals surface area contributed by atoms with Crippen molar-refractivity contribution in [2.24, 2.45) is 5.92 Å². The van der Waals surface area contributed by atoms with Crippen LogP contribution in [-0.4, -0.2) is 37.7 Å². The maximum Gasteiger partial charge on any atom is 0.220 e. The van der Waals surface area contributed by atoms with Crippen molar-refractivity contribution in [3.05, 3.63) is 0 Å². The SMILES string of the molecule is CC1CC(NC(=O)CC2CCNCC2)CCO1. The monoisotopic (exact) mass is 240 g/mol. The highest BCUT2D eigenvalue weighted by Crippen LogP contribution is 2.17. The molecular formula is C13H24N2O2. The lowest BCUT2D eigenvalue weighted by atomic mass is 9.94. The third-order valence-electron chi connectivity index (χ3n) is 3.78. The van der Waals surface area contributed by atoms with Gasteiger partial charge in [-0.3, -0.25) is 4.79 Å². The van der Waals surface area contributed by atoms with Crippen LogP contribution < -0.4 is 10.6 Å². The van der Waals surface area contributed by atoms with Crippen LogP contribution in [0.5, 0.6) is 0 Å².